The summed E-state index contributed by atoms with van der Waals surface area (Å²) in [6.45, 7) is 13.3. The van der Waals surface area contributed by atoms with E-state index in [1.807, 2.05) is 36.4 Å². The van der Waals surface area contributed by atoms with E-state index in [9.17, 15) is 14.7 Å². The number of amides is 1. The average Bonchev–Trinajstić information content (AvgIpc) is 3.61. The molecule has 1 aliphatic carbocycles. The third kappa shape index (κ3) is 5.54. The van der Waals surface area contributed by atoms with Gasteiger partial charge >= 0.3 is 5.97 Å². The number of aliphatic carboxylic acids is 1. The highest BCUT2D eigenvalue weighted by Gasteiger charge is 2.59. The standard InChI is InChI=1S/C31H42N2O4/c1-30(2,3)22-15-16-23(37-7)21(17-22)18-32-25-24(31(4,5)6)27(29(35)36)33(28(34)20-13-14-20)26(25)19-11-9-8-10-12-19/h8-12,15-17,20,24-27,32H,13-14,18H2,1-7H3,(H,35,36)/t24-,25-,26-,27-/m0/s1. The predicted octanol–water partition coefficient (Wildman–Crippen LogP) is 5.56. The Labute approximate surface area is 221 Å². The number of methoxy groups -OCH3 is 1. The summed E-state index contributed by atoms with van der Waals surface area (Å²) >= 11 is 0. The van der Waals surface area contributed by atoms with E-state index in [0.717, 1.165) is 29.7 Å². The zero-order chi connectivity index (χ0) is 27.1. The van der Waals surface area contributed by atoms with Crippen LogP contribution in [0.2, 0.25) is 0 Å². The Morgan fingerprint density at radius 1 is 1.03 bits per heavy atom. The first-order valence-corrected chi connectivity index (χ1v) is 13.3. The molecule has 1 saturated carbocycles. The number of rotatable bonds is 7. The van der Waals surface area contributed by atoms with Crippen molar-refractivity contribution < 1.29 is 19.4 Å². The van der Waals surface area contributed by atoms with Crippen molar-refractivity contribution in [3.05, 3.63) is 65.2 Å². The number of nitrogens with zero attached hydrogens (tertiary/aromatic N) is 1. The van der Waals surface area contributed by atoms with E-state index < -0.39 is 12.0 Å². The quantitative estimate of drug-likeness (QED) is 0.514. The summed E-state index contributed by atoms with van der Waals surface area (Å²) in [4.78, 5) is 28.2. The monoisotopic (exact) mass is 506 g/mol. The van der Waals surface area contributed by atoms with Crippen LogP contribution >= 0.6 is 0 Å². The van der Waals surface area contributed by atoms with Crippen LogP contribution in [-0.4, -0.2) is 41.1 Å². The molecule has 0 unspecified atom stereocenters. The lowest BCUT2D eigenvalue weighted by Crippen LogP contribution is -2.48. The second-order valence-electron chi connectivity index (χ2n) is 12.7. The third-order valence-electron chi connectivity index (χ3n) is 7.92. The molecule has 0 bridgehead atoms. The highest BCUT2D eigenvalue weighted by atomic mass is 16.5. The molecule has 2 aromatic carbocycles. The molecule has 0 aromatic heterocycles. The van der Waals surface area contributed by atoms with Crippen molar-refractivity contribution in [1.82, 2.24) is 10.2 Å². The SMILES string of the molecule is COc1ccc(C(C)(C)C)cc1CN[C@H]1[C@H](C(C)(C)C)[C@@H](C(=O)O)N(C(=O)C2CC2)[C@H]1c1ccccc1. The zero-order valence-corrected chi connectivity index (χ0v) is 23.2. The minimum absolute atomic E-state index is 0.0171. The minimum Gasteiger partial charge on any atom is -0.496 e. The fraction of sp³-hybridized carbons (Fsp3) is 0.548. The number of hydrogen-bond donors (Lipinski definition) is 2. The summed E-state index contributed by atoms with van der Waals surface area (Å²) in [6, 6.07) is 14.6. The van der Waals surface area contributed by atoms with Gasteiger partial charge in [0.15, 0.2) is 0 Å². The molecule has 37 heavy (non-hydrogen) atoms. The molecule has 1 amide bonds. The molecule has 1 saturated heterocycles. The van der Waals surface area contributed by atoms with E-state index in [4.69, 9.17) is 4.74 Å². The molecular weight excluding hydrogens is 464 g/mol. The number of carbonyl (C=O) groups excluding carboxylic acids is 1. The molecule has 2 fully saturated rings. The summed E-state index contributed by atoms with van der Waals surface area (Å²) in [7, 11) is 1.67. The first-order chi connectivity index (χ1) is 17.3. The van der Waals surface area contributed by atoms with E-state index in [1.54, 1.807) is 12.0 Å². The molecule has 2 aromatic rings. The van der Waals surface area contributed by atoms with Gasteiger partial charge in [0, 0.05) is 30.0 Å². The average molecular weight is 507 g/mol. The Morgan fingerprint density at radius 3 is 2.19 bits per heavy atom. The normalized spacial score (nSPS) is 24.2. The van der Waals surface area contributed by atoms with Crippen LogP contribution in [0.3, 0.4) is 0 Å². The molecule has 6 nitrogen and oxygen atoms in total. The van der Waals surface area contributed by atoms with Gasteiger partial charge in [-0.05, 0) is 40.9 Å². The highest BCUT2D eigenvalue weighted by molar-refractivity contribution is 5.88. The van der Waals surface area contributed by atoms with Crippen LogP contribution in [0, 0.1) is 17.3 Å². The van der Waals surface area contributed by atoms with Gasteiger partial charge in [-0.25, -0.2) is 4.79 Å². The molecule has 6 heteroatoms. The molecule has 4 atom stereocenters. The maximum Gasteiger partial charge on any atom is 0.326 e. The Bertz CT molecular complexity index is 1130. The number of benzene rings is 2. The summed E-state index contributed by atoms with van der Waals surface area (Å²) < 4.78 is 5.69. The lowest BCUT2D eigenvalue weighted by atomic mass is 9.72. The number of nitrogens with one attached hydrogen (secondary N) is 1. The van der Waals surface area contributed by atoms with Crippen molar-refractivity contribution in [2.24, 2.45) is 17.3 Å². The van der Waals surface area contributed by atoms with Gasteiger partial charge in [0.05, 0.1) is 13.2 Å². The molecule has 4 rings (SSSR count). The van der Waals surface area contributed by atoms with Crippen LogP contribution in [0.4, 0.5) is 0 Å². The van der Waals surface area contributed by atoms with Crippen molar-refractivity contribution in [2.75, 3.05) is 7.11 Å². The molecule has 0 radical (unpaired) electrons. The Hall–Kier alpha value is -2.86. The molecule has 1 heterocycles. The van der Waals surface area contributed by atoms with Crippen LogP contribution in [0.15, 0.2) is 48.5 Å². The van der Waals surface area contributed by atoms with Crippen LogP contribution < -0.4 is 10.1 Å². The first kappa shape index (κ1) is 27.2. The number of carboxylic acids is 1. The Morgan fingerprint density at radius 2 is 1.68 bits per heavy atom. The van der Waals surface area contributed by atoms with E-state index >= 15 is 0 Å². The molecule has 0 spiro atoms. The number of hydrogen-bond acceptors (Lipinski definition) is 4. The molecule has 200 valence electrons. The van der Waals surface area contributed by atoms with Crippen molar-refractivity contribution in [1.29, 1.82) is 0 Å². The second kappa shape index (κ2) is 10.1. The van der Waals surface area contributed by atoms with Crippen molar-refractivity contribution in [3.8, 4) is 5.75 Å². The summed E-state index contributed by atoms with van der Waals surface area (Å²) in [6.07, 6.45) is 1.66. The van der Waals surface area contributed by atoms with Crippen molar-refractivity contribution in [3.63, 3.8) is 0 Å². The Kier molecular flexibility index (Phi) is 7.44. The van der Waals surface area contributed by atoms with Crippen molar-refractivity contribution >= 4 is 11.9 Å². The molecule has 2 aliphatic rings. The van der Waals surface area contributed by atoms with Crippen LogP contribution in [0.1, 0.15) is 77.1 Å². The smallest absolute Gasteiger partial charge is 0.326 e. The van der Waals surface area contributed by atoms with Gasteiger partial charge in [0.25, 0.3) is 0 Å². The highest BCUT2D eigenvalue weighted by Crippen LogP contribution is 2.50. The van der Waals surface area contributed by atoms with Gasteiger partial charge in [0.2, 0.25) is 5.91 Å². The number of carbonyl (C=O) groups is 2. The third-order valence-corrected chi connectivity index (χ3v) is 7.92. The van der Waals surface area contributed by atoms with Crippen molar-refractivity contribution in [2.45, 2.75) is 84.5 Å². The van der Waals surface area contributed by atoms with E-state index in [0.29, 0.717) is 6.54 Å². The Balaban J connectivity index is 1.79. The summed E-state index contributed by atoms with van der Waals surface area (Å²) in [5, 5.41) is 14.3. The van der Waals surface area contributed by atoms with Gasteiger partial charge in [-0.1, -0.05) is 84.0 Å². The van der Waals surface area contributed by atoms with Gasteiger partial charge < -0.3 is 20.1 Å². The largest absolute Gasteiger partial charge is 0.496 e. The fourth-order valence-corrected chi connectivity index (χ4v) is 5.88. The molecular formula is C31H42N2O4. The van der Waals surface area contributed by atoms with Crippen LogP contribution in [0.5, 0.6) is 5.75 Å². The fourth-order valence-electron chi connectivity index (χ4n) is 5.88. The van der Waals surface area contributed by atoms with Crippen LogP contribution in [-0.2, 0) is 21.5 Å². The lowest BCUT2D eigenvalue weighted by Gasteiger charge is -2.35. The zero-order valence-electron chi connectivity index (χ0n) is 23.2. The predicted molar refractivity (Wildman–Crippen MR) is 145 cm³/mol. The maximum atomic E-state index is 13.7. The number of likely N-dealkylation sites (tertiary alicyclic amines) is 1. The molecule has 1 aliphatic heterocycles. The molecule has 2 N–H and O–H groups in total. The number of ether oxygens (including phenoxy) is 1. The van der Waals surface area contributed by atoms with Gasteiger partial charge in [0.1, 0.15) is 11.8 Å². The van der Waals surface area contributed by atoms with E-state index in [-0.39, 0.29) is 40.7 Å². The van der Waals surface area contributed by atoms with Gasteiger partial charge in [-0.2, -0.15) is 0 Å². The summed E-state index contributed by atoms with van der Waals surface area (Å²) in [5.41, 5.74) is 2.81. The first-order valence-electron chi connectivity index (χ1n) is 13.3. The topological polar surface area (TPSA) is 78.9 Å². The van der Waals surface area contributed by atoms with E-state index in [1.165, 1.54) is 5.56 Å². The second-order valence-corrected chi connectivity index (χ2v) is 12.7. The minimum atomic E-state index is -0.938. The van der Waals surface area contributed by atoms with E-state index in [2.05, 4.69) is 59.0 Å². The van der Waals surface area contributed by atoms with Gasteiger partial charge in [-0.3, -0.25) is 4.79 Å². The summed E-state index contributed by atoms with van der Waals surface area (Å²) in [5.74, 6) is -0.549. The lowest BCUT2D eigenvalue weighted by molar-refractivity contribution is -0.152. The van der Waals surface area contributed by atoms with Crippen LogP contribution in [0.25, 0.3) is 0 Å². The maximum absolute atomic E-state index is 13.7. The number of carboxylic acid groups (broad SMARTS) is 1. The van der Waals surface area contributed by atoms with Gasteiger partial charge in [-0.15, -0.1) is 0 Å².